The monoisotopic (exact) mass is 313 g/mol. The van der Waals surface area contributed by atoms with E-state index in [1.807, 2.05) is 19.1 Å². The molecule has 0 aliphatic heterocycles. The van der Waals surface area contributed by atoms with Gasteiger partial charge in [0.25, 0.3) is 0 Å². The molecule has 0 aliphatic rings. The minimum absolute atomic E-state index is 0.872. The minimum atomic E-state index is 0.872. The van der Waals surface area contributed by atoms with Crippen LogP contribution in [-0.4, -0.2) is 19.1 Å². The summed E-state index contributed by atoms with van der Waals surface area (Å²) < 4.78 is 0. The molecule has 0 saturated carbocycles. The third-order valence-corrected chi connectivity index (χ3v) is 3.53. The number of allylic oxidation sites excluding steroid dienone is 5. The summed E-state index contributed by atoms with van der Waals surface area (Å²) in [5.74, 6) is 0. The van der Waals surface area contributed by atoms with Crippen LogP contribution >= 0.6 is 0 Å². The van der Waals surface area contributed by atoms with E-state index in [2.05, 4.69) is 81.2 Å². The van der Waals surface area contributed by atoms with Crippen molar-refractivity contribution in [3.8, 4) is 0 Å². The molecule has 0 atom stereocenters. The highest BCUT2D eigenvalue weighted by Crippen LogP contribution is 2.21. The average Bonchev–Trinajstić information content (AvgIpc) is 2.50. The summed E-state index contributed by atoms with van der Waals surface area (Å²) >= 11 is 0. The summed E-state index contributed by atoms with van der Waals surface area (Å²) in [6.07, 6.45) is 10.7. The summed E-state index contributed by atoms with van der Waals surface area (Å²) in [5, 5.41) is 1.89. The van der Waals surface area contributed by atoms with Gasteiger partial charge in [-0.3, -0.25) is 0 Å². The zero-order valence-electron chi connectivity index (χ0n) is 15.4. The van der Waals surface area contributed by atoms with Crippen LogP contribution in [0.25, 0.3) is 5.57 Å². The molecule has 3 heteroatoms. The van der Waals surface area contributed by atoms with Crippen LogP contribution in [-0.2, 0) is 0 Å². The molecule has 0 aromatic heterocycles. The highest BCUT2D eigenvalue weighted by Gasteiger charge is 2.02. The van der Waals surface area contributed by atoms with Crippen LogP contribution in [0.4, 0.5) is 0 Å². The second-order valence-corrected chi connectivity index (χ2v) is 5.94. The first kappa shape index (κ1) is 19.2. The first-order valence-corrected chi connectivity index (χ1v) is 8.26. The van der Waals surface area contributed by atoms with E-state index in [0.29, 0.717) is 0 Å². The van der Waals surface area contributed by atoms with E-state index in [0.717, 1.165) is 12.8 Å². The summed E-state index contributed by atoms with van der Waals surface area (Å²) in [6.45, 7) is 8.54. The fourth-order valence-corrected chi connectivity index (χ4v) is 2.41. The van der Waals surface area contributed by atoms with Crippen LogP contribution in [0.2, 0.25) is 0 Å². The van der Waals surface area contributed by atoms with E-state index in [-0.39, 0.29) is 0 Å². The first-order chi connectivity index (χ1) is 11.0. The predicted molar refractivity (Wildman–Crippen MR) is 102 cm³/mol. The standard InChI is InChI=1S/C20H31N3/c1-7-10-19(21-22-23(5)6)12-9-11-18(8-2)20-14-13-16(3)15-17(20)4/h8-11,13-15,21-22H,7,12H2,1-6H3/b11-9-,18-8+,19-10-. The summed E-state index contributed by atoms with van der Waals surface area (Å²) in [4.78, 5) is 0. The van der Waals surface area contributed by atoms with Crippen LogP contribution in [0.15, 0.2) is 48.2 Å². The van der Waals surface area contributed by atoms with Crippen molar-refractivity contribution in [1.29, 1.82) is 0 Å². The minimum Gasteiger partial charge on any atom is -0.312 e. The van der Waals surface area contributed by atoms with Gasteiger partial charge in [-0.1, -0.05) is 55.0 Å². The second-order valence-electron chi connectivity index (χ2n) is 5.94. The lowest BCUT2D eigenvalue weighted by Crippen LogP contribution is -2.41. The fraction of sp³-hybridized carbons (Fsp3) is 0.400. The van der Waals surface area contributed by atoms with Gasteiger partial charge >= 0.3 is 0 Å². The highest BCUT2D eigenvalue weighted by atomic mass is 15.7. The van der Waals surface area contributed by atoms with Gasteiger partial charge in [-0.2, -0.15) is 5.53 Å². The molecule has 0 aliphatic carbocycles. The Bertz CT molecular complexity index is 581. The zero-order valence-corrected chi connectivity index (χ0v) is 15.4. The molecule has 0 bridgehead atoms. The van der Waals surface area contributed by atoms with Gasteiger partial charge in [-0.25, -0.2) is 5.01 Å². The van der Waals surface area contributed by atoms with Crippen LogP contribution in [0, 0.1) is 13.8 Å². The van der Waals surface area contributed by atoms with Gasteiger partial charge in [0.2, 0.25) is 0 Å². The molecule has 126 valence electrons. The molecular formula is C20H31N3. The normalized spacial score (nSPS) is 13.2. The molecule has 1 aromatic rings. The van der Waals surface area contributed by atoms with Gasteiger partial charge in [0, 0.05) is 26.2 Å². The molecule has 0 amide bonds. The summed E-state index contributed by atoms with van der Waals surface area (Å²) in [7, 11) is 3.93. The third-order valence-electron chi connectivity index (χ3n) is 3.53. The van der Waals surface area contributed by atoms with Gasteiger partial charge in [0.05, 0.1) is 0 Å². The van der Waals surface area contributed by atoms with Crippen molar-refractivity contribution in [2.45, 2.75) is 40.5 Å². The van der Waals surface area contributed by atoms with E-state index in [1.165, 1.54) is 28.0 Å². The van der Waals surface area contributed by atoms with Crippen LogP contribution in [0.3, 0.4) is 0 Å². The average molecular weight is 313 g/mol. The van der Waals surface area contributed by atoms with E-state index in [1.54, 1.807) is 0 Å². The molecule has 23 heavy (non-hydrogen) atoms. The third kappa shape index (κ3) is 6.85. The van der Waals surface area contributed by atoms with E-state index in [4.69, 9.17) is 0 Å². The smallest absolute Gasteiger partial charge is 0.0273 e. The zero-order chi connectivity index (χ0) is 17.2. The molecule has 0 saturated heterocycles. The Labute approximate surface area is 141 Å². The molecule has 3 nitrogen and oxygen atoms in total. The Hall–Kier alpha value is -1.84. The highest BCUT2D eigenvalue weighted by molar-refractivity contribution is 5.75. The van der Waals surface area contributed by atoms with Crippen molar-refractivity contribution in [3.05, 3.63) is 64.9 Å². The Morgan fingerprint density at radius 2 is 1.96 bits per heavy atom. The maximum absolute atomic E-state index is 3.24. The lowest BCUT2D eigenvalue weighted by molar-refractivity contribution is 0.252. The number of rotatable bonds is 8. The maximum atomic E-state index is 3.24. The Kier molecular flexibility index (Phi) is 8.38. The number of hydrogen-bond donors (Lipinski definition) is 2. The first-order valence-electron chi connectivity index (χ1n) is 8.26. The van der Waals surface area contributed by atoms with E-state index >= 15 is 0 Å². The number of benzene rings is 1. The second kappa shape index (κ2) is 10.0. The van der Waals surface area contributed by atoms with Crippen molar-refractivity contribution >= 4 is 5.57 Å². The predicted octanol–water partition coefficient (Wildman–Crippen LogP) is 4.52. The molecule has 1 rings (SSSR count). The van der Waals surface area contributed by atoms with Gasteiger partial charge in [-0.05, 0) is 43.9 Å². The van der Waals surface area contributed by atoms with Crippen molar-refractivity contribution in [2.24, 2.45) is 0 Å². The van der Waals surface area contributed by atoms with Crippen molar-refractivity contribution in [1.82, 2.24) is 16.0 Å². The van der Waals surface area contributed by atoms with Crippen molar-refractivity contribution in [2.75, 3.05) is 14.1 Å². The van der Waals surface area contributed by atoms with Crippen LogP contribution in [0.5, 0.6) is 0 Å². The largest absolute Gasteiger partial charge is 0.312 e. The number of hydrogen-bond acceptors (Lipinski definition) is 3. The number of nitrogens with zero attached hydrogens (tertiary/aromatic N) is 1. The SMILES string of the molecule is C/C=C(\C=C/C/C(=C/CC)NNN(C)C)c1ccc(C)cc1C. The topological polar surface area (TPSA) is 27.3 Å². The van der Waals surface area contributed by atoms with Crippen LogP contribution < -0.4 is 11.0 Å². The molecular weight excluding hydrogens is 282 g/mol. The summed E-state index contributed by atoms with van der Waals surface area (Å²) in [5.41, 5.74) is 12.7. The van der Waals surface area contributed by atoms with Crippen LogP contribution in [0.1, 0.15) is 43.4 Å². The molecule has 0 fully saturated rings. The lowest BCUT2D eigenvalue weighted by atomic mass is 9.98. The number of aryl methyl sites for hydroxylation is 2. The Morgan fingerprint density at radius 1 is 1.22 bits per heavy atom. The molecule has 0 radical (unpaired) electrons. The fourth-order valence-electron chi connectivity index (χ4n) is 2.41. The van der Waals surface area contributed by atoms with Gasteiger partial charge in [0.15, 0.2) is 0 Å². The van der Waals surface area contributed by atoms with Gasteiger partial charge in [0.1, 0.15) is 0 Å². The van der Waals surface area contributed by atoms with Crippen molar-refractivity contribution in [3.63, 3.8) is 0 Å². The number of nitrogens with one attached hydrogen (secondary N) is 2. The Balaban J connectivity index is 2.78. The van der Waals surface area contributed by atoms with E-state index < -0.39 is 0 Å². The summed E-state index contributed by atoms with van der Waals surface area (Å²) in [6, 6.07) is 6.61. The number of hydrazine groups is 2. The van der Waals surface area contributed by atoms with E-state index in [9.17, 15) is 0 Å². The molecule has 0 spiro atoms. The molecule has 0 unspecified atom stereocenters. The quantitative estimate of drug-likeness (QED) is 0.546. The Morgan fingerprint density at radius 3 is 2.52 bits per heavy atom. The van der Waals surface area contributed by atoms with Gasteiger partial charge < -0.3 is 5.43 Å². The maximum Gasteiger partial charge on any atom is 0.0273 e. The van der Waals surface area contributed by atoms with Crippen molar-refractivity contribution < 1.29 is 0 Å². The lowest BCUT2D eigenvalue weighted by Gasteiger charge is -2.16. The molecule has 1 aromatic carbocycles. The van der Waals surface area contributed by atoms with Gasteiger partial charge in [-0.15, -0.1) is 0 Å². The molecule has 2 N–H and O–H groups in total. The molecule has 0 heterocycles.